The molecule has 0 aliphatic carbocycles. The van der Waals surface area contributed by atoms with Gasteiger partial charge in [-0.15, -0.1) is 0 Å². The smallest absolute Gasteiger partial charge is 0.106 e. The number of para-hydroxylation sites is 1. The number of benzene rings is 1. The average molecular weight is 251 g/mol. The van der Waals surface area contributed by atoms with E-state index in [9.17, 15) is 0 Å². The molecular weight excluding hydrogens is 230 g/mol. The van der Waals surface area contributed by atoms with Gasteiger partial charge in [-0.2, -0.15) is 0 Å². The Hall–Kier alpha value is -1.13. The Morgan fingerprint density at radius 2 is 1.94 bits per heavy atom. The first kappa shape index (κ1) is 13.9. The van der Waals surface area contributed by atoms with Gasteiger partial charge in [0, 0.05) is 24.3 Å². The fourth-order valence-corrected chi connectivity index (χ4v) is 1.92. The Bertz CT molecular complexity index is 361. The lowest BCUT2D eigenvalue weighted by molar-refractivity contribution is 0.316. The van der Waals surface area contributed by atoms with Crippen LogP contribution in [-0.4, -0.2) is 36.1 Å². The summed E-state index contributed by atoms with van der Waals surface area (Å²) in [5, 5.41) is 3.38. The maximum absolute atomic E-state index is 5.68. The van der Waals surface area contributed by atoms with Gasteiger partial charge in [0.05, 0.1) is 0 Å². The summed E-state index contributed by atoms with van der Waals surface area (Å²) in [6.07, 6.45) is 0. The molecule has 0 bridgehead atoms. The molecule has 0 saturated heterocycles. The lowest BCUT2D eigenvalue weighted by atomic mass is 10.2. The summed E-state index contributed by atoms with van der Waals surface area (Å²) in [5.41, 5.74) is 7.62. The summed E-state index contributed by atoms with van der Waals surface area (Å²) < 4.78 is 0. The van der Waals surface area contributed by atoms with Crippen molar-refractivity contribution < 1.29 is 0 Å². The van der Waals surface area contributed by atoms with Gasteiger partial charge in [0.2, 0.25) is 0 Å². The lowest BCUT2D eigenvalue weighted by Gasteiger charge is -2.19. The Labute approximate surface area is 109 Å². The van der Waals surface area contributed by atoms with Crippen molar-refractivity contribution in [2.75, 3.05) is 31.5 Å². The maximum Gasteiger partial charge on any atom is 0.106 e. The van der Waals surface area contributed by atoms with Crippen molar-refractivity contribution in [3.63, 3.8) is 0 Å². The molecule has 0 fully saturated rings. The Kier molecular flexibility index (Phi) is 5.94. The van der Waals surface area contributed by atoms with Gasteiger partial charge in [-0.25, -0.2) is 0 Å². The number of anilines is 1. The highest BCUT2D eigenvalue weighted by atomic mass is 32.1. The molecule has 4 heteroatoms. The van der Waals surface area contributed by atoms with Crippen LogP contribution >= 0.6 is 12.2 Å². The molecule has 0 unspecified atom stereocenters. The monoisotopic (exact) mass is 251 g/mol. The molecule has 0 aliphatic heterocycles. The third-order valence-electron chi connectivity index (χ3n) is 2.83. The summed E-state index contributed by atoms with van der Waals surface area (Å²) in [6, 6.07) is 7.89. The van der Waals surface area contributed by atoms with Gasteiger partial charge in [-0.05, 0) is 25.2 Å². The summed E-state index contributed by atoms with van der Waals surface area (Å²) in [4.78, 5) is 2.81. The third kappa shape index (κ3) is 4.32. The number of likely N-dealkylation sites (N-methyl/N-ethyl adjacent to an activating group) is 1. The van der Waals surface area contributed by atoms with E-state index in [2.05, 4.69) is 24.1 Å². The molecule has 3 N–H and O–H groups in total. The first-order valence-electron chi connectivity index (χ1n) is 6.04. The number of rotatable bonds is 7. The van der Waals surface area contributed by atoms with E-state index in [1.165, 1.54) is 0 Å². The number of nitrogens with two attached hydrogens (primary N) is 1. The topological polar surface area (TPSA) is 41.3 Å². The average Bonchev–Trinajstić information content (AvgIpc) is 2.35. The van der Waals surface area contributed by atoms with Crippen molar-refractivity contribution >= 4 is 22.9 Å². The van der Waals surface area contributed by atoms with Crippen molar-refractivity contribution in [1.82, 2.24) is 4.90 Å². The van der Waals surface area contributed by atoms with Crippen LogP contribution in [0.2, 0.25) is 0 Å². The van der Waals surface area contributed by atoms with Gasteiger partial charge >= 0.3 is 0 Å². The van der Waals surface area contributed by atoms with Crippen LogP contribution in [0.1, 0.15) is 19.4 Å². The molecule has 1 aromatic carbocycles. The second-order valence-electron chi connectivity index (χ2n) is 3.86. The van der Waals surface area contributed by atoms with Gasteiger partial charge in [-0.1, -0.05) is 38.2 Å². The van der Waals surface area contributed by atoms with Crippen molar-refractivity contribution in [2.24, 2.45) is 5.73 Å². The second-order valence-corrected chi connectivity index (χ2v) is 4.30. The molecule has 1 aromatic rings. The van der Waals surface area contributed by atoms with Crippen LogP contribution in [0.25, 0.3) is 0 Å². The van der Waals surface area contributed by atoms with E-state index in [1.807, 2.05) is 24.3 Å². The van der Waals surface area contributed by atoms with Crippen molar-refractivity contribution in [2.45, 2.75) is 13.8 Å². The minimum Gasteiger partial charge on any atom is -0.389 e. The summed E-state index contributed by atoms with van der Waals surface area (Å²) >= 11 is 5.02. The van der Waals surface area contributed by atoms with Gasteiger partial charge < -0.3 is 16.0 Å². The molecule has 0 heterocycles. The van der Waals surface area contributed by atoms with Crippen molar-refractivity contribution in [3.8, 4) is 0 Å². The molecule has 3 nitrogen and oxygen atoms in total. The summed E-state index contributed by atoms with van der Waals surface area (Å²) in [6.45, 7) is 8.43. The maximum atomic E-state index is 5.68. The Balaban J connectivity index is 2.54. The van der Waals surface area contributed by atoms with E-state index in [0.29, 0.717) is 4.99 Å². The fraction of sp³-hybridized carbons (Fsp3) is 0.462. The summed E-state index contributed by atoms with van der Waals surface area (Å²) in [7, 11) is 0. The molecule has 17 heavy (non-hydrogen) atoms. The molecule has 0 aliphatic rings. The fourth-order valence-electron chi connectivity index (χ4n) is 1.74. The SMILES string of the molecule is CCN(CC)CCNc1ccccc1C(N)=S. The largest absolute Gasteiger partial charge is 0.389 e. The van der Waals surface area contributed by atoms with Gasteiger partial charge in [0.15, 0.2) is 0 Å². The van der Waals surface area contributed by atoms with E-state index in [-0.39, 0.29) is 0 Å². The number of thiocarbonyl (C=S) groups is 1. The number of hydrogen-bond donors (Lipinski definition) is 2. The van der Waals surface area contributed by atoms with E-state index in [4.69, 9.17) is 18.0 Å². The zero-order valence-corrected chi connectivity index (χ0v) is 11.4. The van der Waals surface area contributed by atoms with Crippen LogP contribution in [0.4, 0.5) is 5.69 Å². The Morgan fingerprint density at radius 3 is 2.53 bits per heavy atom. The predicted octanol–water partition coefficient (Wildman–Crippen LogP) is 2.07. The molecule has 0 atom stereocenters. The molecule has 0 radical (unpaired) electrons. The van der Waals surface area contributed by atoms with Gasteiger partial charge in [0.25, 0.3) is 0 Å². The summed E-state index contributed by atoms with van der Waals surface area (Å²) in [5.74, 6) is 0. The quantitative estimate of drug-likeness (QED) is 0.728. The van der Waals surface area contributed by atoms with Crippen molar-refractivity contribution in [3.05, 3.63) is 29.8 Å². The highest BCUT2D eigenvalue weighted by Gasteiger charge is 2.04. The van der Waals surface area contributed by atoms with Gasteiger partial charge in [0.1, 0.15) is 4.99 Å². The Morgan fingerprint density at radius 1 is 1.29 bits per heavy atom. The predicted molar refractivity (Wildman–Crippen MR) is 78.6 cm³/mol. The van der Waals surface area contributed by atoms with Crippen LogP contribution < -0.4 is 11.1 Å². The molecule has 0 spiro atoms. The second kappa shape index (κ2) is 7.25. The molecular formula is C13H21N3S. The standard InChI is InChI=1S/C13H21N3S/c1-3-16(4-2)10-9-15-12-8-6-5-7-11(12)13(14)17/h5-8,15H,3-4,9-10H2,1-2H3,(H2,14,17). The minimum atomic E-state index is 0.441. The number of nitrogens with one attached hydrogen (secondary N) is 1. The minimum absolute atomic E-state index is 0.441. The zero-order chi connectivity index (χ0) is 12.7. The van der Waals surface area contributed by atoms with Crippen LogP contribution in [0.3, 0.4) is 0 Å². The first-order valence-corrected chi connectivity index (χ1v) is 6.44. The van der Waals surface area contributed by atoms with Crippen molar-refractivity contribution in [1.29, 1.82) is 0 Å². The van der Waals surface area contributed by atoms with E-state index >= 15 is 0 Å². The molecule has 0 amide bonds. The highest BCUT2D eigenvalue weighted by Crippen LogP contribution is 2.14. The van der Waals surface area contributed by atoms with Crippen LogP contribution in [0.5, 0.6) is 0 Å². The van der Waals surface area contributed by atoms with Crippen LogP contribution in [-0.2, 0) is 0 Å². The third-order valence-corrected chi connectivity index (χ3v) is 3.05. The molecule has 1 rings (SSSR count). The van der Waals surface area contributed by atoms with Crippen LogP contribution in [0.15, 0.2) is 24.3 Å². The molecule has 0 saturated carbocycles. The highest BCUT2D eigenvalue weighted by molar-refractivity contribution is 7.80. The van der Waals surface area contributed by atoms with E-state index in [1.54, 1.807) is 0 Å². The lowest BCUT2D eigenvalue weighted by Crippen LogP contribution is -2.29. The number of nitrogens with zero attached hydrogens (tertiary/aromatic N) is 1. The molecule has 94 valence electrons. The normalized spacial score (nSPS) is 10.5. The number of hydrogen-bond acceptors (Lipinski definition) is 3. The first-order chi connectivity index (χ1) is 8.19. The molecule has 0 aromatic heterocycles. The van der Waals surface area contributed by atoms with Crippen LogP contribution in [0, 0.1) is 0 Å². The van der Waals surface area contributed by atoms with Gasteiger partial charge in [-0.3, -0.25) is 0 Å². The van der Waals surface area contributed by atoms with E-state index in [0.717, 1.165) is 37.4 Å². The van der Waals surface area contributed by atoms with E-state index < -0.39 is 0 Å². The zero-order valence-electron chi connectivity index (χ0n) is 10.6.